The van der Waals surface area contributed by atoms with Gasteiger partial charge in [-0.15, -0.1) is 11.3 Å². The third-order valence-electron chi connectivity index (χ3n) is 3.82. The third-order valence-corrected chi connectivity index (χ3v) is 4.89. The first-order valence-electron chi connectivity index (χ1n) is 8.15. The second-order valence-corrected chi connectivity index (χ2v) is 6.81. The smallest absolute Gasteiger partial charge is 0.348 e. The van der Waals surface area contributed by atoms with Crippen LogP contribution in [0.25, 0.3) is 0 Å². The van der Waals surface area contributed by atoms with Gasteiger partial charge in [-0.1, -0.05) is 6.92 Å². The third kappa shape index (κ3) is 4.90. The lowest BCUT2D eigenvalue weighted by molar-refractivity contribution is -0.121. The number of rotatable bonds is 7. The Morgan fingerprint density at radius 2 is 2.00 bits per heavy atom. The minimum absolute atomic E-state index is 0.112. The van der Waals surface area contributed by atoms with E-state index in [-0.39, 0.29) is 13.0 Å². The van der Waals surface area contributed by atoms with E-state index in [0.717, 1.165) is 16.9 Å². The summed E-state index contributed by atoms with van der Waals surface area (Å²) < 4.78 is 18.2. The maximum atomic E-state index is 13.1. The van der Waals surface area contributed by atoms with Gasteiger partial charge in [-0.3, -0.25) is 4.79 Å². The molecule has 0 radical (unpaired) electrons. The van der Waals surface area contributed by atoms with E-state index >= 15 is 0 Å². The molecule has 0 spiro atoms. The topological polar surface area (TPSA) is 70.4 Å². The maximum Gasteiger partial charge on any atom is 0.348 e. The highest BCUT2D eigenvalue weighted by molar-refractivity contribution is 7.14. The van der Waals surface area contributed by atoms with Crippen LogP contribution in [0.3, 0.4) is 0 Å². The molecule has 0 atom stereocenters. The number of nitrogens with zero attached hydrogens (tertiary/aromatic N) is 2. The molecule has 1 aromatic heterocycles. The fraction of sp³-hybridized carbons (Fsp3) is 0.316. The summed E-state index contributed by atoms with van der Waals surface area (Å²) in [6.07, 6.45) is 0.933. The highest BCUT2D eigenvalue weighted by atomic mass is 32.1. The van der Waals surface area contributed by atoms with E-state index in [4.69, 9.17) is 10.00 Å². The zero-order valence-corrected chi connectivity index (χ0v) is 15.4. The molecule has 1 amide bonds. The van der Waals surface area contributed by atoms with Crippen LogP contribution in [-0.4, -0.2) is 25.0 Å². The summed E-state index contributed by atoms with van der Waals surface area (Å²) in [6.45, 7) is 3.63. The van der Waals surface area contributed by atoms with Gasteiger partial charge in [-0.25, -0.2) is 9.18 Å². The molecule has 7 heteroatoms. The number of nitriles is 1. The summed E-state index contributed by atoms with van der Waals surface area (Å²) in [5.74, 6) is -1.44. The van der Waals surface area contributed by atoms with Crippen LogP contribution in [0.15, 0.2) is 30.3 Å². The Balaban J connectivity index is 2.05. The van der Waals surface area contributed by atoms with Gasteiger partial charge in [-0.05, 0) is 49.2 Å². The monoisotopic (exact) mass is 374 g/mol. The first kappa shape index (κ1) is 19.6. The number of amides is 1. The minimum Gasteiger partial charge on any atom is -0.451 e. The number of hydrogen-bond acceptors (Lipinski definition) is 5. The molecule has 0 aliphatic rings. The van der Waals surface area contributed by atoms with Crippen LogP contribution < -0.4 is 4.90 Å². The Hall–Kier alpha value is -2.72. The zero-order chi connectivity index (χ0) is 19.1. The number of ether oxygens (including phenoxy) is 1. The molecule has 0 aliphatic heterocycles. The molecule has 26 heavy (non-hydrogen) atoms. The quantitative estimate of drug-likeness (QED) is 0.690. The van der Waals surface area contributed by atoms with Gasteiger partial charge in [0.2, 0.25) is 0 Å². The van der Waals surface area contributed by atoms with Crippen molar-refractivity contribution in [1.29, 1.82) is 5.26 Å². The minimum atomic E-state index is -0.550. The first-order chi connectivity index (χ1) is 12.5. The van der Waals surface area contributed by atoms with E-state index in [1.165, 1.54) is 40.5 Å². The van der Waals surface area contributed by atoms with Crippen LogP contribution in [0.2, 0.25) is 0 Å². The van der Waals surface area contributed by atoms with Crippen LogP contribution >= 0.6 is 11.3 Å². The lowest BCUT2D eigenvalue weighted by Gasteiger charge is -2.21. The van der Waals surface area contributed by atoms with Gasteiger partial charge in [-0.2, -0.15) is 5.26 Å². The Kier molecular flexibility index (Phi) is 6.87. The van der Waals surface area contributed by atoms with E-state index < -0.39 is 24.3 Å². The van der Waals surface area contributed by atoms with Gasteiger partial charge in [0.25, 0.3) is 5.91 Å². The summed E-state index contributed by atoms with van der Waals surface area (Å²) in [5.41, 5.74) is 1.53. The first-order valence-corrected chi connectivity index (χ1v) is 8.97. The van der Waals surface area contributed by atoms with Gasteiger partial charge in [0.15, 0.2) is 6.61 Å². The summed E-state index contributed by atoms with van der Waals surface area (Å²) in [4.78, 5) is 27.4. The second-order valence-electron chi connectivity index (χ2n) is 5.55. The standard InChI is InChI=1S/C19H19FN2O3S/c1-3-14-11-17(26-13(14)2)19(24)25-12-18(23)22(10-4-9-21)16-7-5-15(20)6-8-16/h5-8,11H,3-4,10,12H2,1-2H3. The molecular weight excluding hydrogens is 355 g/mol. The summed E-state index contributed by atoms with van der Waals surface area (Å²) in [5, 5.41) is 8.77. The maximum absolute atomic E-state index is 13.1. The number of carbonyl (C=O) groups is 2. The molecule has 0 unspecified atom stereocenters. The molecule has 1 heterocycles. The number of esters is 1. The Labute approximate surface area is 155 Å². The van der Waals surface area contributed by atoms with E-state index in [1.54, 1.807) is 6.07 Å². The molecule has 0 bridgehead atoms. The highest BCUT2D eigenvalue weighted by Gasteiger charge is 2.19. The van der Waals surface area contributed by atoms with Crippen LogP contribution in [0.5, 0.6) is 0 Å². The van der Waals surface area contributed by atoms with Gasteiger partial charge < -0.3 is 9.64 Å². The molecule has 1 aromatic carbocycles. The summed E-state index contributed by atoms with van der Waals surface area (Å²) in [6, 6.07) is 9.10. The van der Waals surface area contributed by atoms with E-state index in [1.807, 2.05) is 19.9 Å². The van der Waals surface area contributed by atoms with E-state index in [2.05, 4.69) is 0 Å². The molecule has 2 rings (SSSR count). The number of thiophene rings is 1. The van der Waals surface area contributed by atoms with Crippen molar-refractivity contribution in [1.82, 2.24) is 0 Å². The highest BCUT2D eigenvalue weighted by Crippen LogP contribution is 2.23. The van der Waals surface area contributed by atoms with Crippen LogP contribution in [0.4, 0.5) is 10.1 Å². The molecule has 0 aliphatic carbocycles. The van der Waals surface area contributed by atoms with E-state index in [9.17, 15) is 14.0 Å². The summed E-state index contributed by atoms with van der Waals surface area (Å²) >= 11 is 1.33. The van der Waals surface area contributed by atoms with Gasteiger partial charge in [0.05, 0.1) is 12.5 Å². The molecule has 136 valence electrons. The molecule has 0 saturated carbocycles. The van der Waals surface area contributed by atoms with Crippen LogP contribution in [0, 0.1) is 24.1 Å². The summed E-state index contributed by atoms with van der Waals surface area (Å²) in [7, 11) is 0. The Bertz CT molecular complexity index is 824. The molecule has 0 fully saturated rings. The average molecular weight is 374 g/mol. The normalized spacial score (nSPS) is 10.2. The van der Waals surface area contributed by atoms with E-state index in [0.29, 0.717) is 10.6 Å². The Morgan fingerprint density at radius 3 is 2.58 bits per heavy atom. The largest absolute Gasteiger partial charge is 0.451 e. The van der Waals surface area contributed by atoms with Crippen molar-refractivity contribution in [3.05, 3.63) is 51.5 Å². The van der Waals surface area contributed by atoms with Crippen LogP contribution in [0.1, 0.15) is 33.5 Å². The van der Waals surface area contributed by atoms with Crippen molar-refractivity contribution in [3.63, 3.8) is 0 Å². The molecule has 0 N–H and O–H groups in total. The fourth-order valence-corrected chi connectivity index (χ4v) is 3.44. The number of hydrogen-bond donors (Lipinski definition) is 0. The van der Waals surface area contributed by atoms with Gasteiger partial charge in [0.1, 0.15) is 10.7 Å². The number of benzene rings is 1. The molecule has 2 aromatic rings. The number of halogens is 1. The molecule has 5 nitrogen and oxygen atoms in total. The average Bonchev–Trinajstić information content (AvgIpc) is 3.02. The predicted octanol–water partition coefficient (Wildman–Crippen LogP) is 3.86. The zero-order valence-electron chi connectivity index (χ0n) is 14.6. The molecule has 0 saturated heterocycles. The fourth-order valence-electron chi connectivity index (χ4n) is 2.43. The number of anilines is 1. The van der Waals surface area contributed by atoms with Crippen molar-refractivity contribution >= 4 is 28.9 Å². The SMILES string of the molecule is CCc1cc(C(=O)OCC(=O)N(CCC#N)c2ccc(F)cc2)sc1C. The van der Waals surface area contributed by atoms with Crippen molar-refractivity contribution in [2.75, 3.05) is 18.1 Å². The second kappa shape index (κ2) is 9.11. The van der Waals surface area contributed by atoms with Crippen molar-refractivity contribution in [2.45, 2.75) is 26.7 Å². The van der Waals surface area contributed by atoms with Crippen molar-refractivity contribution < 1.29 is 18.7 Å². The van der Waals surface area contributed by atoms with Gasteiger partial charge >= 0.3 is 5.97 Å². The number of carbonyl (C=O) groups excluding carboxylic acids is 2. The lowest BCUT2D eigenvalue weighted by atomic mass is 10.2. The van der Waals surface area contributed by atoms with Crippen molar-refractivity contribution in [2.24, 2.45) is 0 Å². The number of aryl methyl sites for hydroxylation is 2. The van der Waals surface area contributed by atoms with Crippen LogP contribution in [-0.2, 0) is 16.0 Å². The Morgan fingerprint density at radius 1 is 1.31 bits per heavy atom. The van der Waals surface area contributed by atoms with Crippen molar-refractivity contribution in [3.8, 4) is 6.07 Å². The lowest BCUT2D eigenvalue weighted by Crippen LogP contribution is -2.35. The van der Waals surface area contributed by atoms with Gasteiger partial charge in [0, 0.05) is 17.1 Å². The molecular formula is C19H19FN2O3S. The predicted molar refractivity (Wildman–Crippen MR) is 97.7 cm³/mol.